The Labute approximate surface area is 217 Å². The van der Waals surface area contributed by atoms with Crippen molar-refractivity contribution in [3.63, 3.8) is 0 Å². The normalized spacial score (nSPS) is 13.1. The lowest BCUT2D eigenvalue weighted by molar-refractivity contribution is -0.137. The summed E-state index contributed by atoms with van der Waals surface area (Å²) in [4.78, 5) is 28.3. The first kappa shape index (κ1) is 25.9. The van der Waals surface area contributed by atoms with E-state index >= 15 is 0 Å². The second-order valence-electron chi connectivity index (χ2n) is 8.81. The Hall–Kier alpha value is -4.74. The van der Waals surface area contributed by atoms with Crippen molar-refractivity contribution in [3.05, 3.63) is 94.8 Å². The van der Waals surface area contributed by atoms with E-state index in [1.807, 2.05) is 0 Å². The number of amides is 2. The van der Waals surface area contributed by atoms with Crippen molar-refractivity contribution in [1.29, 1.82) is 0 Å². The zero-order valence-electron chi connectivity index (χ0n) is 19.9. The van der Waals surface area contributed by atoms with E-state index in [9.17, 15) is 31.5 Å². The monoisotopic (exact) mass is 542 g/mol. The highest BCUT2D eigenvalue weighted by Crippen LogP contribution is 2.42. The number of hydrogen-bond acceptors (Lipinski definition) is 3. The molecule has 3 N–H and O–H groups in total. The predicted molar refractivity (Wildman–Crippen MR) is 131 cm³/mol. The highest BCUT2D eigenvalue weighted by atomic mass is 19.4. The summed E-state index contributed by atoms with van der Waals surface area (Å²) in [5.41, 5.74) is 1.14. The fourth-order valence-electron chi connectivity index (χ4n) is 4.71. The number of rotatable bonds is 5. The molecule has 0 spiro atoms. The van der Waals surface area contributed by atoms with E-state index in [0.29, 0.717) is 40.6 Å². The zero-order valence-corrected chi connectivity index (χ0v) is 19.9. The van der Waals surface area contributed by atoms with Crippen LogP contribution >= 0.6 is 0 Å². The maximum atomic E-state index is 15.0. The Bertz CT molecular complexity index is 1600. The van der Waals surface area contributed by atoms with E-state index in [0.717, 1.165) is 12.1 Å². The van der Waals surface area contributed by atoms with Gasteiger partial charge in [-0.25, -0.2) is 18.6 Å². The van der Waals surface area contributed by atoms with Crippen molar-refractivity contribution in [2.75, 3.05) is 11.9 Å². The van der Waals surface area contributed by atoms with Crippen molar-refractivity contribution in [1.82, 2.24) is 14.9 Å². The smallest absolute Gasteiger partial charge is 0.416 e. The molecule has 2 aromatic carbocycles. The first-order valence-corrected chi connectivity index (χ1v) is 11.6. The number of nitrogens with zero attached hydrogens (tertiary/aromatic N) is 2. The van der Waals surface area contributed by atoms with Gasteiger partial charge in [0.25, 0.3) is 5.91 Å². The molecule has 1 aliphatic rings. The molecule has 3 heterocycles. The standard InChI is InChI=1S/C27H19F5N4O3/c28-18-5-2-14(3-6-18)22-23-20(8-10-34-25(23)37)36(13-16-1-4-17(12-19(16)29)27(30,31)32)24(22)15-7-9-33-21(11-15)35-26(38)39/h1-7,9,11-12H,8,10,13H2,(H,33,35)(H,34,37)(H,38,39). The maximum Gasteiger partial charge on any atom is 0.416 e. The Morgan fingerprint density at radius 2 is 1.77 bits per heavy atom. The lowest BCUT2D eigenvalue weighted by atomic mass is 9.95. The quantitative estimate of drug-likeness (QED) is 0.272. The van der Waals surface area contributed by atoms with Gasteiger partial charge < -0.3 is 15.0 Å². The number of hydrogen-bond donors (Lipinski definition) is 3. The van der Waals surface area contributed by atoms with Gasteiger partial charge in [0, 0.05) is 41.5 Å². The van der Waals surface area contributed by atoms with E-state index in [1.165, 1.54) is 36.5 Å². The molecule has 39 heavy (non-hydrogen) atoms. The van der Waals surface area contributed by atoms with Crippen molar-refractivity contribution in [2.45, 2.75) is 19.1 Å². The second kappa shape index (κ2) is 9.86. The molecule has 0 radical (unpaired) electrons. The van der Waals surface area contributed by atoms with Crippen molar-refractivity contribution >= 4 is 17.8 Å². The minimum Gasteiger partial charge on any atom is -0.465 e. The topological polar surface area (TPSA) is 96.2 Å². The lowest BCUT2D eigenvalue weighted by Crippen LogP contribution is -2.32. The SMILES string of the molecule is O=C(O)Nc1cc(-c2c(-c3ccc(F)cc3)c3c(n2Cc2ccc(C(F)(F)F)cc2F)CCNC3=O)ccn1. The van der Waals surface area contributed by atoms with Crippen molar-refractivity contribution in [2.24, 2.45) is 0 Å². The van der Waals surface area contributed by atoms with Gasteiger partial charge in [-0.2, -0.15) is 13.2 Å². The fourth-order valence-corrected chi connectivity index (χ4v) is 4.71. The number of alkyl halides is 3. The van der Waals surface area contributed by atoms with E-state index in [-0.39, 0.29) is 30.0 Å². The van der Waals surface area contributed by atoms with Crippen molar-refractivity contribution < 1.29 is 36.6 Å². The molecule has 2 amide bonds. The summed E-state index contributed by atoms with van der Waals surface area (Å²) >= 11 is 0. The first-order chi connectivity index (χ1) is 18.5. The Morgan fingerprint density at radius 3 is 2.44 bits per heavy atom. The minimum absolute atomic E-state index is 0.0269. The largest absolute Gasteiger partial charge is 0.465 e. The Morgan fingerprint density at radius 1 is 1.03 bits per heavy atom. The number of pyridine rings is 1. The molecule has 0 aliphatic carbocycles. The van der Waals surface area contributed by atoms with Crippen LogP contribution < -0.4 is 10.6 Å². The molecule has 0 saturated carbocycles. The van der Waals surface area contributed by atoms with Gasteiger partial charge in [0.05, 0.1) is 23.4 Å². The van der Waals surface area contributed by atoms with E-state index < -0.39 is 35.4 Å². The van der Waals surface area contributed by atoms with Crippen LogP contribution in [-0.4, -0.2) is 33.2 Å². The molecule has 0 unspecified atom stereocenters. The lowest BCUT2D eigenvalue weighted by Gasteiger charge is -2.18. The number of carbonyl (C=O) groups is 2. The summed E-state index contributed by atoms with van der Waals surface area (Å²) in [5, 5.41) is 14.1. The van der Waals surface area contributed by atoms with Crippen LogP contribution in [-0.2, 0) is 19.1 Å². The number of halogens is 5. The molecule has 7 nitrogen and oxygen atoms in total. The molecule has 12 heteroatoms. The highest BCUT2D eigenvalue weighted by Gasteiger charge is 2.33. The number of nitrogens with one attached hydrogen (secondary N) is 2. The Kier molecular flexibility index (Phi) is 6.54. The van der Waals surface area contributed by atoms with Gasteiger partial charge in [-0.05, 0) is 42.0 Å². The van der Waals surface area contributed by atoms with Gasteiger partial charge >= 0.3 is 12.3 Å². The van der Waals surface area contributed by atoms with Gasteiger partial charge in [-0.1, -0.05) is 18.2 Å². The molecule has 2 aromatic heterocycles. The molecule has 200 valence electrons. The summed E-state index contributed by atoms with van der Waals surface area (Å²) in [5.74, 6) is -2.05. The van der Waals surface area contributed by atoms with Gasteiger partial charge in [0.2, 0.25) is 0 Å². The Balaban J connectivity index is 1.77. The number of aromatic nitrogens is 2. The van der Waals surface area contributed by atoms with Crippen LogP contribution in [0.3, 0.4) is 0 Å². The van der Waals surface area contributed by atoms with Gasteiger partial charge in [0.1, 0.15) is 17.5 Å². The molecule has 0 atom stereocenters. The van der Waals surface area contributed by atoms with Gasteiger partial charge in [-0.15, -0.1) is 0 Å². The van der Waals surface area contributed by atoms with E-state index in [2.05, 4.69) is 15.6 Å². The summed E-state index contributed by atoms with van der Waals surface area (Å²) in [6.07, 6.45) is -4.43. The predicted octanol–water partition coefficient (Wildman–Crippen LogP) is 5.94. The third-order valence-electron chi connectivity index (χ3n) is 6.36. The third kappa shape index (κ3) is 5.05. The van der Waals surface area contributed by atoms with Crippen LogP contribution in [0.5, 0.6) is 0 Å². The van der Waals surface area contributed by atoms with Crippen LogP contribution in [0.25, 0.3) is 22.4 Å². The highest BCUT2D eigenvalue weighted by molar-refractivity contribution is 6.07. The first-order valence-electron chi connectivity index (χ1n) is 11.6. The second-order valence-corrected chi connectivity index (χ2v) is 8.81. The molecule has 1 aliphatic heterocycles. The third-order valence-corrected chi connectivity index (χ3v) is 6.36. The minimum atomic E-state index is -4.73. The van der Waals surface area contributed by atoms with Gasteiger partial charge in [-0.3, -0.25) is 10.1 Å². The van der Waals surface area contributed by atoms with Gasteiger partial charge in [0.15, 0.2) is 0 Å². The summed E-state index contributed by atoms with van der Waals surface area (Å²) in [6, 6.07) is 10.6. The van der Waals surface area contributed by atoms with Crippen LogP contribution in [0.1, 0.15) is 27.2 Å². The number of carboxylic acid groups (broad SMARTS) is 1. The van der Waals surface area contributed by atoms with Crippen molar-refractivity contribution in [3.8, 4) is 22.4 Å². The summed E-state index contributed by atoms with van der Waals surface area (Å²) in [7, 11) is 0. The molecule has 0 fully saturated rings. The van der Waals surface area contributed by atoms with E-state index in [1.54, 1.807) is 10.6 Å². The number of anilines is 1. The number of benzene rings is 2. The summed E-state index contributed by atoms with van der Waals surface area (Å²) < 4.78 is 69.8. The zero-order chi connectivity index (χ0) is 27.9. The molecular formula is C27H19F5N4O3. The average Bonchev–Trinajstić information content (AvgIpc) is 3.20. The maximum absolute atomic E-state index is 15.0. The number of fused-ring (bicyclic) bond motifs is 1. The molecule has 0 bridgehead atoms. The van der Waals surface area contributed by atoms with E-state index in [4.69, 9.17) is 5.11 Å². The average molecular weight is 542 g/mol. The van der Waals surface area contributed by atoms with Crippen LogP contribution in [0.15, 0.2) is 60.8 Å². The van der Waals surface area contributed by atoms with Crippen LogP contribution in [0.4, 0.5) is 32.6 Å². The molecule has 0 saturated heterocycles. The fraction of sp³-hybridized carbons (Fsp3) is 0.148. The molecular weight excluding hydrogens is 523 g/mol. The molecule has 5 rings (SSSR count). The number of carbonyl (C=O) groups excluding carboxylic acids is 1. The van der Waals surface area contributed by atoms with Crippen LogP contribution in [0, 0.1) is 11.6 Å². The summed E-state index contributed by atoms with van der Waals surface area (Å²) in [6.45, 7) is 0.0237. The molecule has 4 aromatic rings. The van der Waals surface area contributed by atoms with Crippen LogP contribution in [0.2, 0.25) is 0 Å².